The number of rotatable bonds is 4. The van der Waals surface area contributed by atoms with Crippen molar-refractivity contribution in [2.75, 3.05) is 5.75 Å². The Hall–Kier alpha value is -2.00. The lowest BCUT2D eigenvalue weighted by Gasteiger charge is -2.14. The molecule has 108 valence electrons. The fraction of sp³-hybridized carbons (Fsp3) is 0.250. The number of nitrogens with zero attached hydrogens (tertiary/aromatic N) is 4. The van der Waals surface area contributed by atoms with Crippen LogP contribution in [0.3, 0.4) is 0 Å². The van der Waals surface area contributed by atoms with Gasteiger partial charge in [0, 0.05) is 12.2 Å². The number of fused-ring (bicyclic) bond motifs is 1. The second kappa shape index (κ2) is 5.78. The summed E-state index contributed by atoms with van der Waals surface area (Å²) in [6.45, 7) is 0. The van der Waals surface area contributed by atoms with Gasteiger partial charge < -0.3 is 5.11 Å². The molecule has 3 heterocycles. The maximum atomic E-state index is 12.3. The standard InChI is InChI=1S/C12H10N4O3S2/c17-10(18)4-3-7-11(19)16-12(14-13-7)21-6-8(15-16)9-2-1-5-20-9/h1-2,5H,3-4,6H2,(H,17,18). The van der Waals surface area contributed by atoms with E-state index in [-0.39, 0.29) is 18.5 Å². The molecule has 9 heteroatoms. The van der Waals surface area contributed by atoms with Gasteiger partial charge in [0.1, 0.15) is 5.69 Å². The minimum Gasteiger partial charge on any atom is -0.481 e. The predicted octanol–water partition coefficient (Wildman–Crippen LogP) is 1.08. The Morgan fingerprint density at radius 3 is 3.00 bits per heavy atom. The smallest absolute Gasteiger partial charge is 0.303 e. The molecular weight excluding hydrogens is 312 g/mol. The Kier molecular flexibility index (Phi) is 3.84. The van der Waals surface area contributed by atoms with Crippen molar-refractivity contribution in [2.45, 2.75) is 18.0 Å². The molecule has 0 unspecified atom stereocenters. The highest BCUT2D eigenvalue weighted by molar-refractivity contribution is 7.99. The van der Waals surface area contributed by atoms with Crippen molar-refractivity contribution in [3.05, 3.63) is 38.4 Å². The number of hydrogen-bond acceptors (Lipinski definition) is 7. The van der Waals surface area contributed by atoms with Crippen molar-refractivity contribution in [3.8, 4) is 0 Å². The average molecular weight is 322 g/mol. The third kappa shape index (κ3) is 2.88. The van der Waals surface area contributed by atoms with Crippen LogP contribution in [0.5, 0.6) is 0 Å². The van der Waals surface area contributed by atoms with Gasteiger partial charge in [0.2, 0.25) is 5.16 Å². The van der Waals surface area contributed by atoms with Gasteiger partial charge >= 0.3 is 5.97 Å². The van der Waals surface area contributed by atoms with E-state index in [9.17, 15) is 9.59 Å². The summed E-state index contributed by atoms with van der Waals surface area (Å²) in [5, 5.41) is 23.2. The van der Waals surface area contributed by atoms with Crippen LogP contribution in [0.2, 0.25) is 0 Å². The van der Waals surface area contributed by atoms with Crippen LogP contribution in [0, 0.1) is 0 Å². The van der Waals surface area contributed by atoms with E-state index in [0.29, 0.717) is 10.9 Å². The zero-order chi connectivity index (χ0) is 14.8. The van der Waals surface area contributed by atoms with Gasteiger partial charge in [0.25, 0.3) is 5.56 Å². The number of aryl methyl sites for hydroxylation is 1. The molecule has 21 heavy (non-hydrogen) atoms. The second-order valence-electron chi connectivity index (χ2n) is 4.25. The molecule has 3 rings (SSSR count). The summed E-state index contributed by atoms with van der Waals surface area (Å²) in [5.41, 5.74) is 0.530. The predicted molar refractivity (Wildman–Crippen MR) is 79.2 cm³/mol. The number of carboxylic acids is 1. The van der Waals surface area contributed by atoms with Crippen LogP contribution < -0.4 is 5.56 Å². The largest absolute Gasteiger partial charge is 0.481 e. The molecule has 0 fully saturated rings. The zero-order valence-electron chi connectivity index (χ0n) is 10.7. The first-order valence-corrected chi connectivity index (χ1v) is 7.96. The molecule has 0 aromatic carbocycles. The Balaban J connectivity index is 1.98. The van der Waals surface area contributed by atoms with E-state index in [0.717, 1.165) is 10.6 Å². The Bertz CT molecular complexity index is 767. The molecule has 0 radical (unpaired) electrons. The van der Waals surface area contributed by atoms with Crippen molar-refractivity contribution in [1.29, 1.82) is 0 Å². The maximum Gasteiger partial charge on any atom is 0.303 e. The van der Waals surface area contributed by atoms with Gasteiger partial charge in [-0.2, -0.15) is 9.78 Å². The van der Waals surface area contributed by atoms with Crippen LogP contribution in [0.25, 0.3) is 0 Å². The molecule has 0 amide bonds. The van der Waals surface area contributed by atoms with E-state index >= 15 is 0 Å². The first-order valence-electron chi connectivity index (χ1n) is 6.10. The molecule has 0 saturated carbocycles. The molecule has 2 aromatic rings. The third-order valence-electron chi connectivity index (χ3n) is 2.82. The highest BCUT2D eigenvalue weighted by Gasteiger charge is 2.20. The first-order chi connectivity index (χ1) is 10.1. The molecule has 0 aliphatic carbocycles. The van der Waals surface area contributed by atoms with E-state index in [1.807, 2.05) is 17.5 Å². The van der Waals surface area contributed by atoms with Crippen LogP contribution in [-0.2, 0) is 11.2 Å². The van der Waals surface area contributed by atoms with Gasteiger partial charge in [-0.3, -0.25) is 9.59 Å². The van der Waals surface area contributed by atoms with Crippen molar-refractivity contribution in [3.63, 3.8) is 0 Å². The summed E-state index contributed by atoms with van der Waals surface area (Å²) >= 11 is 2.95. The summed E-state index contributed by atoms with van der Waals surface area (Å²) in [6.07, 6.45) is -0.103. The number of carboxylic acid groups (broad SMARTS) is 1. The topological polar surface area (TPSA) is 97.4 Å². The quantitative estimate of drug-likeness (QED) is 0.904. The monoisotopic (exact) mass is 322 g/mol. The summed E-state index contributed by atoms with van der Waals surface area (Å²) in [4.78, 5) is 23.9. The highest BCUT2D eigenvalue weighted by Crippen LogP contribution is 2.22. The number of aromatic nitrogens is 3. The number of aliphatic carboxylic acids is 1. The molecule has 0 atom stereocenters. The SMILES string of the molecule is O=C(O)CCc1nnc2n(c1=O)N=C(c1cccs1)CS2. The van der Waals surface area contributed by atoms with E-state index < -0.39 is 11.5 Å². The van der Waals surface area contributed by atoms with Gasteiger partial charge in [-0.05, 0) is 11.4 Å². The number of thioether (sulfide) groups is 1. The average Bonchev–Trinajstić information content (AvgIpc) is 3.00. The zero-order valence-corrected chi connectivity index (χ0v) is 12.4. The van der Waals surface area contributed by atoms with Crippen molar-refractivity contribution in [1.82, 2.24) is 14.9 Å². The van der Waals surface area contributed by atoms with Crippen LogP contribution >= 0.6 is 23.1 Å². The van der Waals surface area contributed by atoms with Gasteiger partial charge in [0.15, 0.2) is 0 Å². The van der Waals surface area contributed by atoms with Crippen LogP contribution in [0.15, 0.2) is 32.6 Å². The van der Waals surface area contributed by atoms with Crippen LogP contribution in [-0.4, -0.2) is 37.4 Å². The molecule has 1 N–H and O–H groups in total. The van der Waals surface area contributed by atoms with Crippen molar-refractivity contribution in [2.24, 2.45) is 5.10 Å². The lowest BCUT2D eigenvalue weighted by Crippen LogP contribution is -2.29. The van der Waals surface area contributed by atoms with E-state index in [1.165, 1.54) is 16.4 Å². The van der Waals surface area contributed by atoms with Gasteiger partial charge in [-0.15, -0.1) is 21.5 Å². The molecule has 1 aliphatic heterocycles. The Morgan fingerprint density at radius 2 is 2.29 bits per heavy atom. The summed E-state index contributed by atoms with van der Waals surface area (Å²) in [6, 6.07) is 3.87. The number of thiophene rings is 1. The lowest BCUT2D eigenvalue weighted by atomic mass is 10.2. The fourth-order valence-corrected chi connectivity index (χ4v) is 3.43. The summed E-state index contributed by atoms with van der Waals surface area (Å²) in [7, 11) is 0. The number of hydrogen-bond donors (Lipinski definition) is 1. The normalized spacial score (nSPS) is 13.6. The molecule has 7 nitrogen and oxygen atoms in total. The van der Waals surface area contributed by atoms with Gasteiger partial charge in [-0.1, -0.05) is 17.8 Å². The van der Waals surface area contributed by atoms with E-state index in [2.05, 4.69) is 15.3 Å². The Labute approximate surface area is 127 Å². The van der Waals surface area contributed by atoms with Gasteiger partial charge in [-0.25, -0.2) is 0 Å². The molecular formula is C12H10N4O3S2. The van der Waals surface area contributed by atoms with E-state index in [1.54, 1.807) is 11.3 Å². The lowest BCUT2D eigenvalue weighted by molar-refractivity contribution is -0.136. The molecule has 0 bridgehead atoms. The molecule has 1 aliphatic rings. The molecule has 2 aromatic heterocycles. The Morgan fingerprint density at radius 1 is 1.43 bits per heavy atom. The summed E-state index contributed by atoms with van der Waals surface area (Å²) < 4.78 is 1.22. The molecule has 0 spiro atoms. The van der Waals surface area contributed by atoms with Crippen molar-refractivity contribution >= 4 is 34.8 Å². The first kappa shape index (κ1) is 14.0. The fourth-order valence-electron chi connectivity index (χ4n) is 1.80. The van der Waals surface area contributed by atoms with Gasteiger partial charge in [0.05, 0.1) is 17.0 Å². The highest BCUT2D eigenvalue weighted by atomic mass is 32.2. The van der Waals surface area contributed by atoms with Crippen LogP contribution in [0.1, 0.15) is 17.0 Å². The minimum atomic E-state index is -0.976. The van der Waals surface area contributed by atoms with Crippen LogP contribution in [0.4, 0.5) is 0 Å². The summed E-state index contributed by atoms with van der Waals surface area (Å²) in [5.74, 6) is -0.348. The molecule has 0 saturated heterocycles. The minimum absolute atomic E-state index is 0.0516. The third-order valence-corrected chi connectivity index (χ3v) is 4.67. The number of carbonyl (C=O) groups is 1. The maximum absolute atomic E-state index is 12.3. The second-order valence-corrected chi connectivity index (χ2v) is 6.14. The van der Waals surface area contributed by atoms with E-state index in [4.69, 9.17) is 5.11 Å². The van der Waals surface area contributed by atoms with Crippen molar-refractivity contribution < 1.29 is 9.90 Å².